The minimum absolute atomic E-state index is 0.0509. The highest BCUT2D eigenvalue weighted by atomic mass is 35.5. The smallest absolute Gasteiger partial charge is 0.241 e. The Hall–Kier alpha value is -1.22. The highest BCUT2D eigenvalue weighted by Gasteiger charge is 2.11. The zero-order valence-corrected chi connectivity index (χ0v) is 10.6. The molecule has 0 aliphatic rings. The number of nitrogens with zero attached hydrogens (tertiary/aromatic N) is 1. The molecule has 1 aromatic rings. The van der Waals surface area contributed by atoms with Crippen molar-refractivity contribution in [2.24, 2.45) is 0 Å². The fourth-order valence-corrected chi connectivity index (χ4v) is 1.39. The lowest BCUT2D eigenvalue weighted by Gasteiger charge is -2.21. The van der Waals surface area contributed by atoms with Crippen LogP contribution in [0.15, 0.2) is 24.3 Å². The Kier molecular flexibility index (Phi) is 4.62. The summed E-state index contributed by atoms with van der Waals surface area (Å²) >= 11 is 5.96. The summed E-state index contributed by atoms with van der Waals surface area (Å²) in [6, 6.07) is 7.59. The van der Waals surface area contributed by atoms with Gasteiger partial charge in [0, 0.05) is 13.1 Å². The van der Waals surface area contributed by atoms with E-state index in [1.807, 2.05) is 32.0 Å². The first-order valence-electron chi connectivity index (χ1n) is 5.26. The maximum absolute atomic E-state index is 11.7. The maximum Gasteiger partial charge on any atom is 0.241 e. The molecule has 1 aromatic carbocycles. The van der Waals surface area contributed by atoms with Gasteiger partial charge in [0.15, 0.2) is 0 Å². The van der Waals surface area contributed by atoms with Crippen LogP contribution in [-0.2, 0) is 4.79 Å². The maximum atomic E-state index is 11.7. The summed E-state index contributed by atoms with van der Waals surface area (Å²) in [6.07, 6.45) is 0. The van der Waals surface area contributed by atoms with Crippen molar-refractivity contribution in [1.29, 1.82) is 0 Å². The number of para-hydroxylation sites is 1. The second kappa shape index (κ2) is 5.75. The average molecular weight is 241 g/mol. The summed E-state index contributed by atoms with van der Waals surface area (Å²) < 4.78 is 0. The highest BCUT2D eigenvalue weighted by Crippen LogP contribution is 2.19. The van der Waals surface area contributed by atoms with E-state index in [1.165, 1.54) is 0 Å². The molecule has 0 bridgehead atoms. The van der Waals surface area contributed by atoms with Crippen LogP contribution < -0.4 is 5.32 Å². The molecular weight excluding hydrogens is 224 g/mol. The molecule has 1 rings (SSSR count). The fraction of sp³-hybridized carbons (Fsp3) is 0.417. The molecule has 0 aliphatic heterocycles. The summed E-state index contributed by atoms with van der Waals surface area (Å²) in [5.74, 6) is 0.0509. The van der Waals surface area contributed by atoms with Crippen molar-refractivity contribution in [2.45, 2.75) is 19.9 Å². The number of carbonyl (C=O) groups excluding carboxylic acids is 1. The quantitative estimate of drug-likeness (QED) is 0.878. The Bertz CT molecular complexity index is 366. The van der Waals surface area contributed by atoms with E-state index in [2.05, 4.69) is 5.32 Å². The molecule has 4 heteroatoms. The topological polar surface area (TPSA) is 32.3 Å². The highest BCUT2D eigenvalue weighted by molar-refractivity contribution is 6.33. The van der Waals surface area contributed by atoms with E-state index < -0.39 is 0 Å². The number of rotatable bonds is 4. The lowest BCUT2D eigenvalue weighted by Crippen LogP contribution is -2.37. The molecule has 1 amide bonds. The SMILES string of the molecule is CC(C)N(C)C(=O)CNc1ccccc1Cl. The predicted molar refractivity (Wildman–Crippen MR) is 67.8 cm³/mol. The Morgan fingerprint density at radius 3 is 2.62 bits per heavy atom. The van der Waals surface area contributed by atoms with Gasteiger partial charge in [0.1, 0.15) is 0 Å². The van der Waals surface area contributed by atoms with Crippen LogP contribution in [0.4, 0.5) is 5.69 Å². The van der Waals surface area contributed by atoms with E-state index in [0.717, 1.165) is 5.69 Å². The molecule has 0 fully saturated rings. The number of hydrogen-bond donors (Lipinski definition) is 1. The number of halogens is 1. The molecule has 0 atom stereocenters. The number of benzene rings is 1. The third-order valence-electron chi connectivity index (χ3n) is 2.47. The van der Waals surface area contributed by atoms with E-state index in [1.54, 1.807) is 18.0 Å². The van der Waals surface area contributed by atoms with Crippen molar-refractivity contribution < 1.29 is 4.79 Å². The van der Waals surface area contributed by atoms with Gasteiger partial charge in [-0.25, -0.2) is 0 Å². The third kappa shape index (κ3) is 3.42. The molecule has 0 saturated heterocycles. The van der Waals surface area contributed by atoms with Crippen molar-refractivity contribution in [3.63, 3.8) is 0 Å². The zero-order chi connectivity index (χ0) is 12.1. The molecule has 0 aromatic heterocycles. The van der Waals surface area contributed by atoms with Crippen LogP contribution in [0.3, 0.4) is 0 Å². The van der Waals surface area contributed by atoms with E-state index in [0.29, 0.717) is 5.02 Å². The van der Waals surface area contributed by atoms with Gasteiger partial charge in [-0.15, -0.1) is 0 Å². The first-order chi connectivity index (χ1) is 7.52. The molecule has 0 heterocycles. The standard InChI is InChI=1S/C12H17ClN2O/c1-9(2)15(3)12(16)8-14-11-7-5-4-6-10(11)13/h4-7,9,14H,8H2,1-3H3. The minimum atomic E-state index is 0.0509. The van der Waals surface area contributed by atoms with Gasteiger partial charge in [-0.2, -0.15) is 0 Å². The number of nitrogens with one attached hydrogen (secondary N) is 1. The molecule has 3 nitrogen and oxygen atoms in total. The molecule has 0 spiro atoms. The van der Waals surface area contributed by atoms with Crippen LogP contribution in [0, 0.1) is 0 Å². The first kappa shape index (κ1) is 12.8. The van der Waals surface area contributed by atoms with Gasteiger partial charge in [-0.3, -0.25) is 4.79 Å². The van der Waals surface area contributed by atoms with E-state index in [-0.39, 0.29) is 18.5 Å². The summed E-state index contributed by atoms with van der Waals surface area (Å²) in [5, 5.41) is 3.65. The minimum Gasteiger partial charge on any atom is -0.375 e. The number of amides is 1. The van der Waals surface area contributed by atoms with Crippen molar-refractivity contribution in [1.82, 2.24) is 4.90 Å². The largest absolute Gasteiger partial charge is 0.375 e. The third-order valence-corrected chi connectivity index (χ3v) is 2.80. The molecule has 16 heavy (non-hydrogen) atoms. The van der Waals surface area contributed by atoms with Gasteiger partial charge in [0.25, 0.3) is 0 Å². The summed E-state index contributed by atoms with van der Waals surface area (Å²) in [6.45, 7) is 4.22. The van der Waals surface area contributed by atoms with Gasteiger partial charge in [-0.05, 0) is 26.0 Å². The monoisotopic (exact) mass is 240 g/mol. The van der Waals surface area contributed by atoms with Crippen LogP contribution >= 0.6 is 11.6 Å². The number of anilines is 1. The Balaban J connectivity index is 2.52. The molecule has 0 radical (unpaired) electrons. The average Bonchev–Trinajstić information content (AvgIpc) is 2.26. The van der Waals surface area contributed by atoms with Crippen LogP contribution in [0.2, 0.25) is 5.02 Å². The van der Waals surface area contributed by atoms with Crippen molar-refractivity contribution in [2.75, 3.05) is 18.9 Å². The van der Waals surface area contributed by atoms with Crippen molar-refractivity contribution in [3.05, 3.63) is 29.3 Å². The number of carbonyl (C=O) groups is 1. The first-order valence-corrected chi connectivity index (χ1v) is 5.64. The van der Waals surface area contributed by atoms with Crippen LogP contribution in [0.25, 0.3) is 0 Å². The van der Waals surface area contributed by atoms with Crippen molar-refractivity contribution in [3.8, 4) is 0 Å². The van der Waals surface area contributed by atoms with E-state index in [9.17, 15) is 4.79 Å². The lowest BCUT2D eigenvalue weighted by molar-refractivity contribution is -0.129. The fourth-order valence-electron chi connectivity index (χ4n) is 1.19. The second-order valence-corrected chi connectivity index (χ2v) is 4.34. The Labute approximate surface area is 101 Å². The van der Waals surface area contributed by atoms with Gasteiger partial charge in [0.2, 0.25) is 5.91 Å². The molecule has 0 unspecified atom stereocenters. The normalized spacial score (nSPS) is 10.3. The van der Waals surface area contributed by atoms with E-state index in [4.69, 9.17) is 11.6 Å². The molecule has 0 saturated carbocycles. The molecular formula is C12H17ClN2O. The van der Waals surface area contributed by atoms with E-state index >= 15 is 0 Å². The van der Waals surface area contributed by atoms with Crippen molar-refractivity contribution >= 4 is 23.2 Å². The van der Waals surface area contributed by atoms with Gasteiger partial charge >= 0.3 is 0 Å². The Morgan fingerprint density at radius 1 is 1.44 bits per heavy atom. The lowest BCUT2D eigenvalue weighted by atomic mass is 10.3. The van der Waals surface area contributed by atoms with Crippen LogP contribution in [0.1, 0.15) is 13.8 Å². The number of hydrogen-bond acceptors (Lipinski definition) is 2. The Morgan fingerprint density at radius 2 is 2.06 bits per heavy atom. The van der Waals surface area contributed by atoms with Crippen LogP contribution in [0.5, 0.6) is 0 Å². The second-order valence-electron chi connectivity index (χ2n) is 3.93. The molecule has 88 valence electrons. The summed E-state index contributed by atoms with van der Waals surface area (Å²) in [5.41, 5.74) is 0.787. The number of likely N-dealkylation sites (N-methyl/N-ethyl adjacent to an activating group) is 1. The van der Waals surface area contributed by atoms with Crippen LogP contribution in [-0.4, -0.2) is 30.4 Å². The summed E-state index contributed by atoms with van der Waals surface area (Å²) in [4.78, 5) is 13.4. The van der Waals surface area contributed by atoms with Gasteiger partial charge < -0.3 is 10.2 Å². The summed E-state index contributed by atoms with van der Waals surface area (Å²) in [7, 11) is 1.79. The zero-order valence-electron chi connectivity index (χ0n) is 9.83. The molecule has 0 aliphatic carbocycles. The van der Waals surface area contributed by atoms with Gasteiger partial charge in [-0.1, -0.05) is 23.7 Å². The van der Waals surface area contributed by atoms with Gasteiger partial charge in [0.05, 0.1) is 17.3 Å². The predicted octanol–water partition coefficient (Wildman–Crippen LogP) is 2.62. The molecule has 1 N–H and O–H groups in total.